The number of primary amides is 1. The van der Waals surface area contributed by atoms with E-state index in [4.69, 9.17) is 17.3 Å². The van der Waals surface area contributed by atoms with E-state index < -0.39 is 11.9 Å². The molecule has 0 aliphatic heterocycles. The molecule has 0 radical (unpaired) electrons. The number of halogens is 1. The van der Waals surface area contributed by atoms with Crippen LogP contribution >= 0.6 is 22.9 Å². The molecule has 1 aliphatic carbocycles. The van der Waals surface area contributed by atoms with E-state index in [1.807, 2.05) is 26.0 Å². The van der Waals surface area contributed by atoms with Crippen LogP contribution in [0.15, 0.2) is 42.7 Å². The molecule has 2 atom stereocenters. The summed E-state index contributed by atoms with van der Waals surface area (Å²) in [5.41, 5.74) is 7.41. The zero-order chi connectivity index (χ0) is 27.2. The van der Waals surface area contributed by atoms with E-state index in [1.54, 1.807) is 18.3 Å². The van der Waals surface area contributed by atoms with E-state index in [0.717, 1.165) is 41.9 Å². The third-order valence-corrected chi connectivity index (χ3v) is 8.12. The summed E-state index contributed by atoms with van der Waals surface area (Å²) in [6, 6.07) is 7.69. The summed E-state index contributed by atoms with van der Waals surface area (Å²) in [5.74, 6) is -0.972. The number of carbonyl (C=O) groups excluding carboxylic acids is 3. The van der Waals surface area contributed by atoms with Crippen LogP contribution in [0.5, 0.6) is 0 Å². The van der Waals surface area contributed by atoms with Gasteiger partial charge in [-0.2, -0.15) is 0 Å². The Morgan fingerprint density at radius 2 is 1.92 bits per heavy atom. The SMILES string of the molecule is Cc1ncc(Cl)cc1N[C@@H](C)c1ccc(C(=O)N[C@@H](CC2CCCC2)C(=O)Nc2ccnc(C(N)=O)c2)s1. The van der Waals surface area contributed by atoms with E-state index in [-0.39, 0.29) is 23.6 Å². The molecule has 3 aromatic heterocycles. The van der Waals surface area contributed by atoms with Gasteiger partial charge in [0, 0.05) is 23.0 Å². The lowest BCUT2D eigenvalue weighted by atomic mass is 9.97. The van der Waals surface area contributed by atoms with Gasteiger partial charge < -0.3 is 21.7 Å². The summed E-state index contributed by atoms with van der Waals surface area (Å²) in [6.07, 6.45) is 7.87. The average Bonchev–Trinajstić information content (AvgIpc) is 3.58. The van der Waals surface area contributed by atoms with Crippen molar-refractivity contribution in [1.82, 2.24) is 15.3 Å². The minimum Gasteiger partial charge on any atom is -0.376 e. The summed E-state index contributed by atoms with van der Waals surface area (Å²) in [4.78, 5) is 47.6. The number of anilines is 2. The highest BCUT2D eigenvalue weighted by Crippen LogP contribution is 2.30. The number of nitrogens with one attached hydrogen (secondary N) is 3. The van der Waals surface area contributed by atoms with Crippen molar-refractivity contribution in [2.45, 2.75) is 58.0 Å². The van der Waals surface area contributed by atoms with E-state index in [0.29, 0.717) is 27.9 Å². The Hall–Kier alpha value is -3.50. The molecule has 0 spiro atoms. The molecule has 3 heterocycles. The quantitative estimate of drug-likeness (QED) is 0.275. The number of hydrogen-bond donors (Lipinski definition) is 4. The molecule has 4 rings (SSSR count). The number of nitrogens with two attached hydrogens (primary N) is 1. The predicted molar refractivity (Wildman–Crippen MR) is 150 cm³/mol. The van der Waals surface area contributed by atoms with Crippen LogP contribution in [-0.4, -0.2) is 33.7 Å². The number of aromatic nitrogens is 2. The van der Waals surface area contributed by atoms with Crippen LogP contribution < -0.4 is 21.7 Å². The molecule has 0 bridgehead atoms. The van der Waals surface area contributed by atoms with E-state index >= 15 is 0 Å². The Morgan fingerprint density at radius 3 is 2.66 bits per heavy atom. The molecule has 0 saturated heterocycles. The second-order valence-corrected chi connectivity index (χ2v) is 11.1. The fourth-order valence-electron chi connectivity index (χ4n) is 4.58. The molecule has 9 nitrogen and oxygen atoms in total. The van der Waals surface area contributed by atoms with Gasteiger partial charge in [-0.1, -0.05) is 37.3 Å². The minimum atomic E-state index is -0.725. The topological polar surface area (TPSA) is 139 Å². The Labute approximate surface area is 230 Å². The maximum Gasteiger partial charge on any atom is 0.267 e. The molecule has 5 N–H and O–H groups in total. The van der Waals surface area contributed by atoms with Gasteiger partial charge in [0.1, 0.15) is 11.7 Å². The lowest BCUT2D eigenvalue weighted by Gasteiger charge is -2.21. The largest absolute Gasteiger partial charge is 0.376 e. The summed E-state index contributed by atoms with van der Waals surface area (Å²) in [6.45, 7) is 3.90. The normalized spacial score (nSPS) is 15.0. The summed E-state index contributed by atoms with van der Waals surface area (Å²) >= 11 is 7.45. The molecule has 3 aromatic rings. The van der Waals surface area contributed by atoms with E-state index in [2.05, 4.69) is 25.9 Å². The fourth-order valence-corrected chi connectivity index (χ4v) is 5.65. The highest BCUT2D eigenvalue weighted by Gasteiger charge is 2.28. The van der Waals surface area contributed by atoms with Crippen molar-refractivity contribution in [3.8, 4) is 0 Å². The molecule has 11 heteroatoms. The van der Waals surface area contributed by atoms with Crippen molar-refractivity contribution in [3.63, 3.8) is 0 Å². The fraction of sp³-hybridized carbons (Fsp3) is 0.370. The summed E-state index contributed by atoms with van der Waals surface area (Å²) in [5, 5.41) is 9.68. The van der Waals surface area contributed by atoms with Gasteiger partial charge in [0.25, 0.3) is 11.8 Å². The molecule has 0 aromatic carbocycles. The van der Waals surface area contributed by atoms with Crippen LogP contribution in [0, 0.1) is 12.8 Å². The van der Waals surface area contributed by atoms with Gasteiger partial charge in [-0.15, -0.1) is 11.3 Å². The third-order valence-electron chi connectivity index (χ3n) is 6.65. The number of pyridine rings is 2. The van der Waals surface area contributed by atoms with Crippen LogP contribution in [0.4, 0.5) is 11.4 Å². The van der Waals surface area contributed by atoms with Crippen molar-refractivity contribution >= 4 is 52.0 Å². The molecule has 1 aliphatic rings. The summed E-state index contributed by atoms with van der Waals surface area (Å²) in [7, 11) is 0. The van der Waals surface area contributed by atoms with E-state index in [1.165, 1.54) is 23.6 Å². The third kappa shape index (κ3) is 7.08. The molecular weight excluding hydrogens is 524 g/mol. The second-order valence-electron chi connectivity index (χ2n) is 9.55. The van der Waals surface area contributed by atoms with Crippen molar-refractivity contribution in [2.75, 3.05) is 10.6 Å². The number of amides is 3. The van der Waals surface area contributed by atoms with Gasteiger partial charge in [-0.25, -0.2) is 0 Å². The molecular formula is C27H31ClN6O3S. The van der Waals surface area contributed by atoms with Crippen LogP contribution in [0.3, 0.4) is 0 Å². The highest BCUT2D eigenvalue weighted by molar-refractivity contribution is 7.14. The number of rotatable bonds is 10. The van der Waals surface area contributed by atoms with Crippen LogP contribution in [0.25, 0.3) is 0 Å². The maximum absolute atomic E-state index is 13.2. The summed E-state index contributed by atoms with van der Waals surface area (Å²) < 4.78 is 0. The Morgan fingerprint density at radius 1 is 1.16 bits per heavy atom. The zero-order valence-corrected chi connectivity index (χ0v) is 22.9. The van der Waals surface area contributed by atoms with Crippen LogP contribution in [0.2, 0.25) is 5.02 Å². The first-order valence-corrected chi connectivity index (χ1v) is 13.7. The maximum atomic E-state index is 13.2. The highest BCUT2D eigenvalue weighted by atomic mass is 35.5. The molecule has 3 amide bonds. The van der Waals surface area contributed by atoms with Gasteiger partial charge in [0.15, 0.2) is 0 Å². The van der Waals surface area contributed by atoms with E-state index in [9.17, 15) is 14.4 Å². The van der Waals surface area contributed by atoms with Crippen molar-refractivity contribution in [3.05, 3.63) is 68.9 Å². The lowest BCUT2D eigenvalue weighted by Crippen LogP contribution is -2.44. The number of nitrogens with zero attached hydrogens (tertiary/aromatic N) is 2. The van der Waals surface area contributed by atoms with Crippen molar-refractivity contribution in [2.24, 2.45) is 11.7 Å². The molecule has 1 fully saturated rings. The first-order chi connectivity index (χ1) is 18.2. The Kier molecular flexibility index (Phi) is 8.96. The number of aryl methyl sites for hydroxylation is 1. The molecule has 0 unspecified atom stereocenters. The first kappa shape index (κ1) is 27.5. The minimum absolute atomic E-state index is 0.0526. The molecule has 200 valence electrons. The number of thiophene rings is 1. The number of carbonyl (C=O) groups is 3. The Bertz CT molecular complexity index is 1320. The van der Waals surface area contributed by atoms with Gasteiger partial charge >= 0.3 is 0 Å². The first-order valence-electron chi connectivity index (χ1n) is 12.6. The van der Waals surface area contributed by atoms with Crippen molar-refractivity contribution in [1.29, 1.82) is 0 Å². The number of hydrogen-bond acceptors (Lipinski definition) is 7. The average molecular weight is 555 g/mol. The van der Waals surface area contributed by atoms with Crippen LogP contribution in [-0.2, 0) is 4.79 Å². The van der Waals surface area contributed by atoms with Gasteiger partial charge in [-0.05, 0) is 56.5 Å². The monoisotopic (exact) mass is 554 g/mol. The van der Waals surface area contributed by atoms with Gasteiger partial charge in [0.2, 0.25) is 5.91 Å². The van der Waals surface area contributed by atoms with Gasteiger partial charge in [0.05, 0.1) is 27.3 Å². The molecule has 1 saturated carbocycles. The smallest absolute Gasteiger partial charge is 0.267 e. The lowest BCUT2D eigenvalue weighted by molar-refractivity contribution is -0.118. The van der Waals surface area contributed by atoms with Crippen molar-refractivity contribution < 1.29 is 14.4 Å². The van der Waals surface area contributed by atoms with Gasteiger partial charge in [-0.3, -0.25) is 24.4 Å². The standard InChI is InChI=1S/C27H31ClN6O3S/c1-15-20(12-18(28)14-31-15)32-16(2)23-7-8-24(38-23)27(37)34-22(11-17-5-3-4-6-17)26(36)33-19-9-10-30-21(13-19)25(29)35/h7-10,12-14,16-17,22,32H,3-6,11H2,1-2H3,(H2,29,35)(H,34,37)(H,30,33,36)/t16-,22-/m0/s1. The predicted octanol–water partition coefficient (Wildman–Crippen LogP) is 5.09. The molecule has 38 heavy (non-hydrogen) atoms. The Balaban J connectivity index is 1.45. The zero-order valence-electron chi connectivity index (χ0n) is 21.3. The van der Waals surface area contributed by atoms with Crippen LogP contribution in [0.1, 0.15) is 75.8 Å². The second kappa shape index (κ2) is 12.4.